The summed E-state index contributed by atoms with van der Waals surface area (Å²) in [4.78, 5) is 12.4. The Hall–Kier alpha value is -1.06. The number of carbonyl (C=O) groups excluding carboxylic acids is 1. The van der Waals surface area contributed by atoms with Gasteiger partial charge in [-0.05, 0) is 24.1 Å². The molecular weight excluding hydrogens is 276 g/mol. The van der Waals surface area contributed by atoms with Gasteiger partial charge in [-0.15, -0.1) is 0 Å². The summed E-state index contributed by atoms with van der Waals surface area (Å²) >= 11 is 5.96. The van der Waals surface area contributed by atoms with E-state index < -0.39 is 5.60 Å². The number of halogens is 1. The van der Waals surface area contributed by atoms with Crippen molar-refractivity contribution in [3.8, 4) is 5.75 Å². The molecule has 0 amide bonds. The monoisotopic (exact) mass is 294 g/mol. The molecule has 0 aliphatic carbocycles. The largest absolute Gasteiger partial charge is 0.486 e. The third-order valence-corrected chi connectivity index (χ3v) is 4.49. The summed E-state index contributed by atoms with van der Waals surface area (Å²) in [5.41, 5.74) is 0.209. The lowest BCUT2D eigenvalue weighted by Gasteiger charge is -2.44. The molecule has 0 aromatic heterocycles. The smallest absolute Gasteiger partial charge is 0.170 e. The molecule has 0 bridgehead atoms. The van der Waals surface area contributed by atoms with Crippen molar-refractivity contribution < 1.29 is 14.3 Å². The van der Waals surface area contributed by atoms with E-state index in [0.717, 1.165) is 12.8 Å². The first-order valence-corrected chi connectivity index (χ1v) is 7.50. The van der Waals surface area contributed by atoms with Crippen molar-refractivity contribution in [2.45, 2.75) is 44.8 Å². The Morgan fingerprint density at radius 3 is 2.95 bits per heavy atom. The lowest BCUT2D eigenvalue weighted by Crippen LogP contribution is -2.50. The van der Waals surface area contributed by atoms with Crippen LogP contribution >= 0.6 is 11.6 Å². The van der Waals surface area contributed by atoms with Crippen molar-refractivity contribution in [3.05, 3.63) is 28.8 Å². The molecule has 1 aromatic carbocycles. The van der Waals surface area contributed by atoms with Crippen LogP contribution in [-0.2, 0) is 4.74 Å². The van der Waals surface area contributed by atoms with E-state index >= 15 is 0 Å². The highest BCUT2D eigenvalue weighted by Gasteiger charge is 2.45. The second-order valence-corrected chi connectivity index (χ2v) is 6.57. The molecule has 2 aliphatic heterocycles. The zero-order valence-electron chi connectivity index (χ0n) is 11.8. The average Bonchev–Trinajstić information content (AvgIpc) is 2.40. The minimum atomic E-state index is -0.398. The van der Waals surface area contributed by atoms with Crippen molar-refractivity contribution in [1.29, 1.82) is 0 Å². The molecule has 2 heterocycles. The van der Waals surface area contributed by atoms with Gasteiger partial charge in [0.1, 0.15) is 11.4 Å². The summed E-state index contributed by atoms with van der Waals surface area (Å²) in [5, 5.41) is 0.573. The van der Waals surface area contributed by atoms with Gasteiger partial charge in [0.05, 0.1) is 24.7 Å². The third-order valence-electron chi connectivity index (χ3n) is 4.26. The molecule has 2 atom stereocenters. The van der Waals surface area contributed by atoms with Gasteiger partial charge >= 0.3 is 0 Å². The van der Waals surface area contributed by atoms with Gasteiger partial charge in [0.25, 0.3) is 0 Å². The van der Waals surface area contributed by atoms with Crippen molar-refractivity contribution in [2.24, 2.45) is 5.92 Å². The molecule has 4 heteroatoms. The van der Waals surface area contributed by atoms with Crippen LogP contribution in [0.1, 0.15) is 43.5 Å². The number of rotatable bonds is 1. The molecule has 3 nitrogen and oxygen atoms in total. The minimum Gasteiger partial charge on any atom is -0.486 e. The standard InChI is InChI=1S/C16H19ClO3/c1-10(2)15-9-16(5-6-19-15)8-13(18)12-7-11(17)3-4-14(12)20-16/h3-4,7,10,15H,5-6,8-9H2,1-2H3. The molecule has 1 spiro atoms. The summed E-state index contributed by atoms with van der Waals surface area (Å²) in [6.07, 6.45) is 2.13. The van der Waals surface area contributed by atoms with Gasteiger partial charge in [-0.3, -0.25) is 4.79 Å². The Balaban J connectivity index is 1.90. The number of hydrogen-bond acceptors (Lipinski definition) is 3. The SMILES string of the molecule is CC(C)C1CC2(CCO1)CC(=O)c1cc(Cl)ccc1O2. The molecule has 20 heavy (non-hydrogen) atoms. The predicted octanol–water partition coefficient (Wildman–Crippen LogP) is 3.88. The van der Waals surface area contributed by atoms with Crippen molar-refractivity contribution in [3.63, 3.8) is 0 Å². The number of hydrogen-bond donors (Lipinski definition) is 0. The summed E-state index contributed by atoms with van der Waals surface area (Å²) < 4.78 is 12.0. The first-order chi connectivity index (χ1) is 9.49. The van der Waals surface area contributed by atoms with Gasteiger partial charge in [0.15, 0.2) is 5.78 Å². The van der Waals surface area contributed by atoms with Gasteiger partial charge in [0.2, 0.25) is 0 Å². The molecule has 0 N–H and O–H groups in total. The van der Waals surface area contributed by atoms with Crippen LogP contribution in [0.2, 0.25) is 5.02 Å². The van der Waals surface area contributed by atoms with Crippen LogP contribution in [-0.4, -0.2) is 24.1 Å². The van der Waals surface area contributed by atoms with Crippen molar-refractivity contribution in [2.75, 3.05) is 6.61 Å². The Kier molecular flexibility index (Phi) is 3.51. The lowest BCUT2D eigenvalue weighted by molar-refractivity contribution is -0.106. The Bertz CT molecular complexity index is 541. The Morgan fingerprint density at radius 2 is 2.20 bits per heavy atom. The first-order valence-electron chi connectivity index (χ1n) is 7.12. The Morgan fingerprint density at radius 1 is 1.40 bits per heavy atom. The van der Waals surface area contributed by atoms with E-state index in [4.69, 9.17) is 21.1 Å². The summed E-state index contributed by atoms with van der Waals surface area (Å²) in [6, 6.07) is 5.27. The van der Waals surface area contributed by atoms with Crippen LogP contribution in [0.25, 0.3) is 0 Å². The van der Waals surface area contributed by atoms with Crippen molar-refractivity contribution >= 4 is 17.4 Å². The molecule has 2 aliphatic rings. The molecular formula is C16H19ClO3. The molecule has 108 valence electrons. The van der Waals surface area contributed by atoms with Gasteiger partial charge in [-0.2, -0.15) is 0 Å². The number of ether oxygens (including phenoxy) is 2. The maximum absolute atomic E-state index is 12.4. The highest BCUT2D eigenvalue weighted by Crippen LogP contribution is 2.42. The Labute approximate surface area is 124 Å². The summed E-state index contributed by atoms with van der Waals surface area (Å²) in [6.45, 7) is 4.93. The number of ketones is 1. The molecule has 3 rings (SSSR count). The minimum absolute atomic E-state index is 0.123. The van der Waals surface area contributed by atoms with Crippen LogP contribution in [0.3, 0.4) is 0 Å². The summed E-state index contributed by atoms with van der Waals surface area (Å²) in [7, 11) is 0. The fourth-order valence-electron chi connectivity index (χ4n) is 3.07. The van der Waals surface area contributed by atoms with Crippen LogP contribution in [0.4, 0.5) is 0 Å². The van der Waals surface area contributed by atoms with E-state index in [2.05, 4.69) is 13.8 Å². The van der Waals surface area contributed by atoms with E-state index in [1.165, 1.54) is 0 Å². The van der Waals surface area contributed by atoms with E-state index in [9.17, 15) is 4.79 Å². The second-order valence-electron chi connectivity index (χ2n) is 6.13. The quantitative estimate of drug-likeness (QED) is 0.788. The highest BCUT2D eigenvalue weighted by molar-refractivity contribution is 6.31. The van der Waals surface area contributed by atoms with Gasteiger partial charge < -0.3 is 9.47 Å². The van der Waals surface area contributed by atoms with Gasteiger partial charge in [-0.1, -0.05) is 25.4 Å². The number of benzene rings is 1. The molecule has 1 saturated heterocycles. The molecule has 1 aromatic rings. The van der Waals surface area contributed by atoms with Gasteiger partial charge in [-0.25, -0.2) is 0 Å². The van der Waals surface area contributed by atoms with Gasteiger partial charge in [0, 0.05) is 17.9 Å². The molecule has 0 saturated carbocycles. The lowest BCUT2D eigenvalue weighted by atomic mass is 9.80. The van der Waals surface area contributed by atoms with E-state index in [1.807, 2.05) is 0 Å². The van der Waals surface area contributed by atoms with Crippen LogP contribution < -0.4 is 4.74 Å². The highest BCUT2D eigenvalue weighted by atomic mass is 35.5. The molecule has 1 fully saturated rings. The fourth-order valence-corrected chi connectivity index (χ4v) is 3.24. The van der Waals surface area contributed by atoms with Crippen LogP contribution in [0, 0.1) is 5.92 Å². The number of fused-ring (bicyclic) bond motifs is 1. The summed E-state index contributed by atoms with van der Waals surface area (Å²) in [5.74, 6) is 1.21. The van der Waals surface area contributed by atoms with Crippen LogP contribution in [0.5, 0.6) is 5.75 Å². The van der Waals surface area contributed by atoms with E-state index in [1.54, 1.807) is 18.2 Å². The molecule has 2 unspecified atom stereocenters. The molecule has 0 radical (unpaired) electrons. The van der Waals surface area contributed by atoms with E-state index in [0.29, 0.717) is 35.3 Å². The maximum atomic E-state index is 12.4. The van der Waals surface area contributed by atoms with Crippen LogP contribution in [0.15, 0.2) is 18.2 Å². The normalized spacial score (nSPS) is 29.4. The maximum Gasteiger partial charge on any atom is 0.170 e. The topological polar surface area (TPSA) is 35.5 Å². The zero-order valence-corrected chi connectivity index (χ0v) is 12.6. The number of Topliss-reactive ketones (excluding diaryl/α,β-unsaturated/α-hetero) is 1. The second kappa shape index (κ2) is 5.05. The predicted molar refractivity (Wildman–Crippen MR) is 77.6 cm³/mol. The number of carbonyl (C=O) groups is 1. The van der Waals surface area contributed by atoms with E-state index in [-0.39, 0.29) is 11.9 Å². The third kappa shape index (κ3) is 2.45. The average molecular weight is 295 g/mol. The van der Waals surface area contributed by atoms with Crippen molar-refractivity contribution in [1.82, 2.24) is 0 Å². The fraction of sp³-hybridized carbons (Fsp3) is 0.562. The zero-order chi connectivity index (χ0) is 14.3. The first kappa shape index (κ1) is 13.9.